The van der Waals surface area contributed by atoms with Gasteiger partial charge in [-0.3, -0.25) is 9.78 Å². The van der Waals surface area contributed by atoms with Crippen LogP contribution in [-0.4, -0.2) is 24.0 Å². The summed E-state index contributed by atoms with van der Waals surface area (Å²) >= 11 is 0. The van der Waals surface area contributed by atoms with Gasteiger partial charge in [-0.1, -0.05) is 19.4 Å². The van der Waals surface area contributed by atoms with Crippen molar-refractivity contribution in [3.8, 4) is 0 Å². The number of nitrogens with zero attached hydrogens (tertiary/aromatic N) is 2. The number of nitrogen functional groups attached to an aromatic ring is 1. The molecule has 106 valence electrons. The topological polar surface area (TPSA) is 85.2 Å². The average molecular weight is 272 g/mol. The third kappa shape index (κ3) is 2.99. The SMILES string of the molecule is CCCCN(CC(N)=O)c1ccc2cnccc2c1N. The number of aromatic nitrogens is 1. The highest BCUT2D eigenvalue weighted by Gasteiger charge is 2.13. The maximum Gasteiger partial charge on any atom is 0.236 e. The lowest BCUT2D eigenvalue weighted by molar-refractivity contribution is -0.116. The third-order valence-electron chi connectivity index (χ3n) is 3.31. The molecule has 0 saturated carbocycles. The molecule has 20 heavy (non-hydrogen) atoms. The highest BCUT2D eigenvalue weighted by molar-refractivity contribution is 5.99. The number of hydrogen-bond acceptors (Lipinski definition) is 4. The summed E-state index contributed by atoms with van der Waals surface area (Å²) in [6, 6.07) is 5.78. The molecule has 0 atom stereocenters. The van der Waals surface area contributed by atoms with Crippen LogP contribution in [0.2, 0.25) is 0 Å². The predicted octanol–water partition coefficient (Wildman–Crippen LogP) is 1.91. The molecule has 0 aliphatic carbocycles. The summed E-state index contributed by atoms with van der Waals surface area (Å²) in [6.45, 7) is 3.05. The number of benzene rings is 1. The number of anilines is 2. The molecule has 1 aromatic heterocycles. The summed E-state index contributed by atoms with van der Waals surface area (Å²) in [7, 11) is 0. The van der Waals surface area contributed by atoms with Gasteiger partial charge in [-0.2, -0.15) is 0 Å². The monoisotopic (exact) mass is 272 g/mol. The van der Waals surface area contributed by atoms with Crippen LogP contribution in [0.25, 0.3) is 10.8 Å². The number of carbonyl (C=O) groups excluding carboxylic acids is 1. The molecule has 2 rings (SSSR count). The van der Waals surface area contributed by atoms with Gasteiger partial charge in [-0.15, -0.1) is 0 Å². The summed E-state index contributed by atoms with van der Waals surface area (Å²) < 4.78 is 0. The Morgan fingerprint density at radius 2 is 2.15 bits per heavy atom. The highest BCUT2D eigenvalue weighted by Crippen LogP contribution is 2.31. The summed E-state index contributed by atoms with van der Waals surface area (Å²) in [5.41, 5.74) is 13.1. The minimum absolute atomic E-state index is 0.181. The van der Waals surface area contributed by atoms with Crippen LogP contribution in [-0.2, 0) is 4.79 Å². The predicted molar refractivity (Wildman–Crippen MR) is 82.5 cm³/mol. The van der Waals surface area contributed by atoms with Crippen LogP contribution >= 0.6 is 0 Å². The molecule has 0 aliphatic heterocycles. The zero-order valence-corrected chi connectivity index (χ0v) is 11.7. The van der Waals surface area contributed by atoms with Crippen LogP contribution < -0.4 is 16.4 Å². The first-order chi connectivity index (χ1) is 9.63. The van der Waals surface area contributed by atoms with Crippen molar-refractivity contribution >= 4 is 28.1 Å². The molecular weight excluding hydrogens is 252 g/mol. The number of fused-ring (bicyclic) bond motifs is 1. The van der Waals surface area contributed by atoms with Crippen LogP contribution in [0.4, 0.5) is 11.4 Å². The Balaban J connectivity index is 2.41. The van der Waals surface area contributed by atoms with Crippen molar-refractivity contribution in [1.82, 2.24) is 4.98 Å². The van der Waals surface area contributed by atoms with E-state index in [9.17, 15) is 4.79 Å². The molecule has 0 spiro atoms. The smallest absolute Gasteiger partial charge is 0.236 e. The first-order valence-corrected chi connectivity index (χ1v) is 6.79. The zero-order chi connectivity index (χ0) is 14.5. The second-order valence-corrected chi connectivity index (χ2v) is 4.84. The average Bonchev–Trinajstić information content (AvgIpc) is 2.44. The second-order valence-electron chi connectivity index (χ2n) is 4.84. The number of nitrogens with two attached hydrogens (primary N) is 2. The van der Waals surface area contributed by atoms with E-state index in [1.54, 1.807) is 12.4 Å². The molecule has 0 radical (unpaired) electrons. The van der Waals surface area contributed by atoms with Gasteiger partial charge in [-0.05, 0) is 18.6 Å². The quantitative estimate of drug-likeness (QED) is 0.787. The van der Waals surface area contributed by atoms with E-state index in [0.717, 1.165) is 35.8 Å². The summed E-state index contributed by atoms with van der Waals surface area (Å²) in [4.78, 5) is 17.3. The van der Waals surface area contributed by atoms with Crippen molar-refractivity contribution in [2.75, 3.05) is 23.7 Å². The molecule has 4 N–H and O–H groups in total. The molecule has 0 fully saturated rings. The van der Waals surface area contributed by atoms with Crippen LogP contribution in [0.15, 0.2) is 30.6 Å². The molecule has 1 aromatic carbocycles. The molecule has 0 unspecified atom stereocenters. The van der Waals surface area contributed by atoms with Gasteiger partial charge in [0.25, 0.3) is 0 Å². The first kappa shape index (κ1) is 14.1. The maximum absolute atomic E-state index is 11.3. The number of primary amides is 1. The number of pyridine rings is 1. The fourth-order valence-corrected chi connectivity index (χ4v) is 2.28. The Kier molecular flexibility index (Phi) is 4.40. The van der Waals surface area contributed by atoms with E-state index in [-0.39, 0.29) is 12.5 Å². The van der Waals surface area contributed by atoms with Crippen molar-refractivity contribution in [3.63, 3.8) is 0 Å². The van der Waals surface area contributed by atoms with Gasteiger partial charge < -0.3 is 16.4 Å². The lowest BCUT2D eigenvalue weighted by atomic mass is 10.1. The van der Waals surface area contributed by atoms with Gasteiger partial charge in [0, 0.05) is 29.7 Å². The van der Waals surface area contributed by atoms with E-state index in [1.807, 2.05) is 23.1 Å². The number of amides is 1. The van der Waals surface area contributed by atoms with Crippen molar-refractivity contribution in [1.29, 1.82) is 0 Å². The minimum atomic E-state index is -0.352. The first-order valence-electron chi connectivity index (χ1n) is 6.79. The molecule has 2 aromatic rings. The van der Waals surface area contributed by atoms with Gasteiger partial charge in [0.2, 0.25) is 5.91 Å². The standard InChI is InChI=1S/C15H20N4O/c1-2-3-8-19(10-14(16)20)13-5-4-11-9-18-7-6-12(11)15(13)17/h4-7,9H,2-3,8,10,17H2,1H3,(H2,16,20). The summed E-state index contributed by atoms with van der Waals surface area (Å²) in [6.07, 6.45) is 5.53. The number of unbranched alkanes of at least 4 members (excludes halogenated alkanes) is 1. The van der Waals surface area contributed by atoms with E-state index in [0.29, 0.717) is 5.69 Å². The van der Waals surface area contributed by atoms with Gasteiger partial charge in [-0.25, -0.2) is 0 Å². The largest absolute Gasteiger partial charge is 0.397 e. The molecular formula is C15H20N4O. The molecule has 0 aliphatic rings. The summed E-state index contributed by atoms with van der Waals surface area (Å²) in [5.74, 6) is -0.352. The van der Waals surface area contributed by atoms with Gasteiger partial charge >= 0.3 is 0 Å². The van der Waals surface area contributed by atoms with Crippen LogP contribution in [0.3, 0.4) is 0 Å². The van der Waals surface area contributed by atoms with Gasteiger partial charge in [0.1, 0.15) is 0 Å². The normalized spacial score (nSPS) is 10.7. The highest BCUT2D eigenvalue weighted by atomic mass is 16.1. The Bertz CT molecular complexity index is 612. The summed E-state index contributed by atoms with van der Waals surface area (Å²) in [5, 5.41) is 1.94. The molecule has 5 heteroatoms. The Morgan fingerprint density at radius 3 is 2.85 bits per heavy atom. The van der Waals surface area contributed by atoms with Gasteiger partial charge in [0.05, 0.1) is 17.9 Å². The number of hydrogen-bond donors (Lipinski definition) is 2. The van der Waals surface area contributed by atoms with Crippen LogP contribution in [0.5, 0.6) is 0 Å². The molecule has 0 bridgehead atoms. The lowest BCUT2D eigenvalue weighted by Crippen LogP contribution is -2.35. The van der Waals surface area contributed by atoms with Crippen molar-refractivity contribution in [2.24, 2.45) is 5.73 Å². The molecule has 1 amide bonds. The Hall–Kier alpha value is -2.30. The van der Waals surface area contributed by atoms with Crippen molar-refractivity contribution in [2.45, 2.75) is 19.8 Å². The molecule has 1 heterocycles. The number of carbonyl (C=O) groups is 1. The lowest BCUT2D eigenvalue weighted by Gasteiger charge is -2.25. The third-order valence-corrected chi connectivity index (χ3v) is 3.31. The van der Waals surface area contributed by atoms with E-state index in [2.05, 4.69) is 11.9 Å². The fraction of sp³-hybridized carbons (Fsp3) is 0.333. The van der Waals surface area contributed by atoms with Gasteiger partial charge in [0.15, 0.2) is 0 Å². The van der Waals surface area contributed by atoms with Crippen LogP contribution in [0, 0.1) is 0 Å². The van der Waals surface area contributed by atoms with E-state index < -0.39 is 0 Å². The second kappa shape index (κ2) is 6.23. The van der Waals surface area contributed by atoms with Crippen molar-refractivity contribution < 1.29 is 4.79 Å². The van der Waals surface area contributed by atoms with E-state index >= 15 is 0 Å². The molecule has 5 nitrogen and oxygen atoms in total. The molecule has 0 saturated heterocycles. The Labute approximate surface area is 118 Å². The fourth-order valence-electron chi connectivity index (χ4n) is 2.28. The van der Waals surface area contributed by atoms with Crippen LogP contribution in [0.1, 0.15) is 19.8 Å². The Morgan fingerprint density at radius 1 is 1.35 bits per heavy atom. The van der Waals surface area contributed by atoms with E-state index in [4.69, 9.17) is 11.5 Å². The maximum atomic E-state index is 11.3. The van der Waals surface area contributed by atoms with E-state index in [1.165, 1.54) is 0 Å². The minimum Gasteiger partial charge on any atom is -0.397 e. The van der Waals surface area contributed by atoms with Crippen molar-refractivity contribution in [3.05, 3.63) is 30.6 Å². The number of rotatable bonds is 6. The zero-order valence-electron chi connectivity index (χ0n) is 11.7.